The van der Waals surface area contributed by atoms with Gasteiger partial charge in [-0.25, -0.2) is 4.98 Å². The molecule has 0 N–H and O–H groups in total. The summed E-state index contributed by atoms with van der Waals surface area (Å²) in [5.41, 5.74) is 2.72. The number of carbonyl (C=O) groups excluding carboxylic acids is 1. The van der Waals surface area contributed by atoms with Crippen LogP contribution in [0.15, 0.2) is 4.52 Å². The van der Waals surface area contributed by atoms with Crippen LogP contribution in [-0.2, 0) is 6.42 Å². The molecular formula is C12H12N2O2S. The second kappa shape index (κ2) is 3.77. The molecule has 0 aromatic carbocycles. The zero-order valence-electron chi connectivity index (χ0n) is 9.74. The highest BCUT2D eigenvalue weighted by Crippen LogP contribution is 2.35. The van der Waals surface area contributed by atoms with Crippen molar-refractivity contribution in [3.8, 4) is 10.6 Å². The van der Waals surface area contributed by atoms with Crippen molar-refractivity contribution >= 4 is 17.1 Å². The second-order valence-corrected chi connectivity index (χ2v) is 5.27. The van der Waals surface area contributed by atoms with Crippen LogP contribution in [0.5, 0.6) is 0 Å². The van der Waals surface area contributed by atoms with Gasteiger partial charge in [-0.3, -0.25) is 4.79 Å². The Morgan fingerprint density at radius 2 is 2.12 bits per heavy atom. The lowest BCUT2D eigenvalue weighted by molar-refractivity contribution is 0.0976. The molecule has 0 aliphatic heterocycles. The SMILES string of the molecule is Cc1noc(C)c1-c1nc2c(s1)C(=O)CCC2. The van der Waals surface area contributed by atoms with Gasteiger partial charge >= 0.3 is 0 Å². The molecule has 0 radical (unpaired) electrons. The summed E-state index contributed by atoms with van der Waals surface area (Å²) in [5.74, 6) is 0.989. The van der Waals surface area contributed by atoms with Gasteiger partial charge in [-0.05, 0) is 26.7 Å². The minimum absolute atomic E-state index is 0.224. The lowest BCUT2D eigenvalue weighted by Gasteiger charge is -2.06. The molecule has 0 fully saturated rings. The van der Waals surface area contributed by atoms with Crippen LogP contribution in [0, 0.1) is 13.8 Å². The number of carbonyl (C=O) groups is 1. The third-order valence-corrected chi connectivity index (χ3v) is 4.17. The van der Waals surface area contributed by atoms with E-state index in [1.807, 2.05) is 13.8 Å². The Kier molecular flexibility index (Phi) is 2.36. The Morgan fingerprint density at radius 1 is 1.29 bits per heavy atom. The molecule has 88 valence electrons. The standard InChI is InChI=1S/C12H12N2O2S/c1-6-10(7(2)16-14-6)12-13-8-4-3-5-9(15)11(8)17-12/h3-5H2,1-2H3. The maximum atomic E-state index is 11.8. The van der Waals surface area contributed by atoms with Crippen LogP contribution in [-0.4, -0.2) is 15.9 Å². The molecule has 1 aliphatic carbocycles. The van der Waals surface area contributed by atoms with Crippen molar-refractivity contribution in [2.24, 2.45) is 0 Å². The van der Waals surface area contributed by atoms with Crippen molar-refractivity contribution in [3.63, 3.8) is 0 Å². The lowest BCUT2D eigenvalue weighted by atomic mass is 10.0. The first-order chi connectivity index (χ1) is 8.16. The highest BCUT2D eigenvalue weighted by molar-refractivity contribution is 7.17. The van der Waals surface area contributed by atoms with E-state index in [4.69, 9.17) is 4.52 Å². The predicted molar refractivity (Wildman–Crippen MR) is 64.4 cm³/mol. The molecule has 0 saturated carbocycles. The van der Waals surface area contributed by atoms with Gasteiger partial charge in [-0.15, -0.1) is 11.3 Å². The predicted octanol–water partition coefficient (Wildman–Crippen LogP) is 2.93. The lowest BCUT2D eigenvalue weighted by Crippen LogP contribution is -2.07. The smallest absolute Gasteiger partial charge is 0.174 e. The molecule has 0 saturated heterocycles. The van der Waals surface area contributed by atoms with Gasteiger partial charge in [0.05, 0.1) is 21.8 Å². The van der Waals surface area contributed by atoms with Crippen molar-refractivity contribution in [1.82, 2.24) is 10.1 Å². The fourth-order valence-electron chi connectivity index (χ4n) is 2.16. The molecule has 4 nitrogen and oxygen atoms in total. The molecule has 2 aromatic rings. The van der Waals surface area contributed by atoms with E-state index in [-0.39, 0.29) is 5.78 Å². The number of hydrogen-bond donors (Lipinski definition) is 0. The minimum Gasteiger partial charge on any atom is -0.361 e. The summed E-state index contributed by atoms with van der Waals surface area (Å²) >= 11 is 1.47. The summed E-state index contributed by atoms with van der Waals surface area (Å²) in [5, 5.41) is 4.79. The molecule has 2 heterocycles. The van der Waals surface area contributed by atoms with Gasteiger partial charge in [0, 0.05) is 6.42 Å². The van der Waals surface area contributed by atoms with E-state index in [0.717, 1.165) is 45.4 Å². The molecule has 0 spiro atoms. The van der Waals surface area contributed by atoms with Crippen LogP contribution >= 0.6 is 11.3 Å². The van der Waals surface area contributed by atoms with Gasteiger partial charge in [0.15, 0.2) is 5.78 Å². The monoisotopic (exact) mass is 248 g/mol. The highest BCUT2D eigenvalue weighted by Gasteiger charge is 2.24. The van der Waals surface area contributed by atoms with Gasteiger partial charge in [-0.1, -0.05) is 5.16 Å². The van der Waals surface area contributed by atoms with E-state index < -0.39 is 0 Å². The summed E-state index contributed by atoms with van der Waals surface area (Å²) in [4.78, 5) is 17.2. The third-order valence-electron chi connectivity index (χ3n) is 3.02. The van der Waals surface area contributed by atoms with Crippen LogP contribution in [0.3, 0.4) is 0 Å². The number of aryl methyl sites for hydroxylation is 3. The van der Waals surface area contributed by atoms with Gasteiger partial charge in [0.25, 0.3) is 0 Å². The number of Topliss-reactive ketones (excluding diaryl/α,β-unsaturated/α-hetero) is 1. The molecule has 5 heteroatoms. The molecule has 0 unspecified atom stereocenters. The maximum absolute atomic E-state index is 11.8. The zero-order chi connectivity index (χ0) is 12.0. The Balaban J connectivity index is 2.14. The van der Waals surface area contributed by atoms with E-state index in [1.165, 1.54) is 11.3 Å². The van der Waals surface area contributed by atoms with Crippen molar-refractivity contribution in [2.45, 2.75) is 33.1 Å². The number of rotatable bonds is 1. The fraction of sp³-hybridized carbons (Fsp3) is 0.417. The number of hydrogen-bond acceptors (Lipinski definition) is 5. The number of thiazole rings is 1. The minimum atomic E-state index is 0.224. The van der Waals surface area contributed by atoms with Crippen LogP contribution in [0.1, 0.15) is 39.7 Å². The molecule has 0 bridgehead atoms. The number of nitrogens with zero attached hydrogens (tertiary/aromatic N) is 2. The van der Waals surface area contributed by atoms with E-state index >= 15 is 0 Å². The molecular weight excluding hydrogens is 236 g/mol. The van der Waals surface area contributed by atoms with E-state index in [2.05, 4.69) is 10.1 Å². The van der Waals surface area contributed by atoms with Gasteiger partial charge in [0.2, 0.25) is 0 Å². The van der Waals surface area contributed by atoms with Gasteiger partial charge in [0.1, 0.15) is 10.8 Å². The molecule has 0 amide bonds. The maximum Gasteiger partial charge on any atom is 0.174 e. The van der Waals surface area contributed by atoms with Gasteiger partial charge < -0.3 is 4.52 Å². The van der Waals surface area contributed by atoms with Crippen LogP contribution in [0.4, 0.5) is 0 Å². The molecule has 3 rings (SSSR count). The highest BCUT2D eigenvalue weighted by atomic mass is 32.1. The first-order valence-electron chi connectivity index (χ1n) is 5.63. The van der Waals surface area contributed by atoms with E-state index in [1.54, 1.807) is 0 Å². The average Bonchev–Trinajstić information content (AvgIpc) is 2.84. The summed E-state index contributed by atoms with van der Waals surface area (Å²) < 4.78 is 5.14. The number of fused-ring (bicyclic) bond motifs is 1. The second-order valence-electron chi connectivity index (χ2n) is 4.27. The van der Waals surface area contributed by atoms with Crippen LogP contribution in [0.2, 0.25) is 0 Å². The fourth-order valence-corrected chi connectivity index (χ4v) is 3.39. The number of ketones is 1. The van der Waals surface area contributed by atoms with Crippen molar-refractivity contribution in [3.05, 3.63) is 22.0 Å². The largest absolute Gasteiger partial charge is 0.361 e. The molecule has 17 heavy (non-hydrogen) atoms. The Labute approximate surface area is 103 Å². The molecule has 1 aliphatic rings. The van der Waals surface area contributed by atoms with Crippen molar-refractivity contribution < 1.29 is 9.32 Å². The Hall–Kier alpha value is -1.49. The molecule has 2 aromatic heterocycles. The van der Waals surface area contributed by atoms with Crippen LogP contribution < -0.4 is 0 Å². The van der Waals surface area contributed by atoms with Crippen molar-refractivity contribution in [2.75, 3.05) is 0 Å². The Bertz CT molecular complexity index is 578. The topological polar surface area (TPSA) is 56.0 Å². The zero-order valence-corrected chi connectivity index (χ0v) is 10.6. The summed E-state index contributed by atoms with van der Waals surface area (Å²) in [6.45, 7) is 3.77. The first-order valence-corrected chi connectivity index (χ1v) is 6.44. The van der Waals surface area contributed by atoms with E-state index in [0.29, 0.717) is 6.42 Å². The first kappa shape index (κ1) is 10.7. The van der Waals surface area contributed by atoms with E-state index in [9.17, 15) is 4.79 Å². The summed E-state index contributed by atoms with van der Waals surface area (Å²) in [7, 11) is 0. The average molecular weight is 248 g/mol. The summed E-state index contributed by atoms with van der Waals surface area (Å²) in [6.07, 6.45) is 2.47. The summed E-state index contributed by atoms with van der Waals surface area (Å²) in [6, 6.07) is 0. The normalized spacial score (nSPS) is 15.1. The molecule has 0 atom stereocenters. The quantitative estimate of drug-likeness (QED) is 0.778. The van der Waals surface area contributed by atoms with Crippen molar-refractivity contribution in [1.29, 1.82) is 0 Å². The van der Waals surface area contributed by atoms with Crippen LogP contribution in [0.25, 0.3) is 10.6 Å². The van der Waals surface area contributed by atoms with Gasteiger partial charge in [-0.2, -0.15) is 0 Å². The third kappa shape index (κ3) is 1.61. The Morgan fingerprint density at radius 3 is 2.76 bits per heavy atom. The number of aromatic nitrogens is 2.